The van der Waals surface area contributed by atoms with Crippen LogP contribution in [0, 0.1) is 11.3 Å². The van der Waals surface area contributed by atoms with Crippen molar-refractivity contribution in [3.63, 3.8) is 0 Å². The van der Waals surface area contributed by atoms with E-state index in [1.54, 1.807) is 25.3 Å². The molecule has 5 heteroatoms. The van der Waals surface area contributed by atoms with E-state index in [0.29, 0.717) is 17.1 Å². The van der Waals surface area contributed by atoms with Gasteiger partial charge in [-0.15, -0.1) is 0 Å². The van der Waals surface area contributed by atoms with Gasteiger partial charge in [-0.25, -0.2) is 0 Å². The molecule has 1 aromatic rings. The Labute approximate surface area is 100 Å². The average Bonchev–Trinajstić information content (AvgIpc) is 2.39. The number of methoxy groups -OCH3 is 2. The zero-order valence-electron chi connectivity index (χ0n) is 9.84. The minimum atomic E-state index is -0.720. The Morgan fingerprint density at radius 3 is 2.53 bits per heavy atom. The fourth-order valence-corrected chi connectivity index (χ4v) is 1.39. The highest BCUT2D eigenvalue weighted by Gasteiger charge is 2.13. The molecule has 0 aliphatic carbocycles. The molecule has 1 atom stereocenters. The average molecular weight is 237 g/mol. The van der Waals surface area contributed by atoms with Gasteiger partial charge in [0.1, 0.15) is 0 Å². The maximum Gasteiger partial charge on any atom is 0.169 e. The number of ether oxygens (including phenoxy) is 3. The second kappa shape index (κ2) is 6.74. The lowest BCUT2D eigenvalue weighted by Gasteiger charge is -2.13. The van der Waals surface area contributed by atoms with Crippen LogP contribution in [0.3, 0.4) is 0 Å². The molecule has 0 heterocycles. The van der Waals surface area contributed by atoms with Crippen molar-refractivity contribution >= 4 is 0 Å². The van der Waals surface area contributed by atoms with Gasteiger partial charge in [-0.1, -0.05) is 6.07 Å². The third kappa shape index (κ3) is 3.34. The highest BCUT2D eigenvalue weighted by Crippen LogP contribution is 2.30. The van der Waals surface area contributed by atoms with Crippen LogP contribution in [0.15, 0.2) is 18.2 Å². The first kappa shape index (κ1) is 13.3. The van der Waals surface area contributed by atoms with Crippen molar-refractivity contribution in [2.24, 2.45) is 0 Å². The van der Waals surface area contributed by atoms with Gasteiger partial charge in [0.05, 0.1) is 33.5 Å². The topological polar surface area (TPSA) is 71.7 Å². The van der Waals surface area contributed by atoms with E-state index < -0.39 is 6.10 Å². The van der Waals surface area contributed by atoms with Crippen molar-refractivity contribution in [3.8, 4) is 17.6 Å². The van der Waals surface area contributed by atoms with E-state index in [9.17, 15) is 0 Å². The predicted molar refractivity (Wildman–Crippen MR) is 60.9 cm³/mol. The van der Waals surface area contributed by atoms with Gasteiger partial charge in [-0.2, -0.15) is 5.26 Å². The largest absolute Gasteiger partial charge is 0.493 e. The first-order valence-electron chi connectivity index (χ1n) is 5.10. The fraction of sp³-hybridized carbons (Fsp3) is 0.417. The third-order valence-electron chi connectivity index (χ3n) is 2.20. The van der Waals surface area contributed by atoms with Crippen LogP contribution < -0.4 is 9.47 Å². The summed E-state index contributed by atoms with van der Waals surface area (Å²) in [5, 5.41) is 17.6. The smallest absolute Gasteiger partial charge is 0.169 e. The van der Waals surface area contributed by atoms with Crippen molar-refractivity contribution < 1.29 is 19.3 Å². The normalized spacial score (nSPS) is 11.6. The summed E-state index contributed by atoms with van der Waals surface area (Å²) in [6.45, 7) is -0.00194. The number of nitrogens with zero attached hydrogens (tertiary/aromatic N) is 1. The molecule has 5 nitrogen and oxygen atoms in total. The summed E-state index contributed by atoms with van der Waals surface area (Å²) in [5.41, 5.74) is 0.665. The third-order valence-corrected chi connectivity index (χ3v) is 2.20. The molecule has 0 aliphatic heterocycles. The number of aliphatic hydroxyl groups is 1. The maximum atomic E-state index is 8.97. The second-order valence-electron chi connectivity index (χ2n) is 3.22. The second-order valence-corrected chi connectivity index (χ2v) is 3.22. The highest BCUT2D eigenvalue weighted by molar-refractivity contribution is 5.44. The zero-order valence-corrected chi connectivity index (χ0v) is 9.84. The van der Waals surface area contributed by atoms with Crippen LogP contribution in [-0.2, 0) is 4.74 Å². The summed E-state index contributed by atoms with van der Waals surface area (Å²) in [6, 6.07) is 7.13. The first-order chi connectivity index (χ1) is 8.26. The van der Waals surface area contributed by atoms with Gasteiger partial charge in [-0.05, 0) is 17.7 Å². The molecule has 0 bridgehead atoms. The Kier molecular flexibility index (Phi) is 5.27. The molecule has 0 amide bonds. The number of hydrogen-bond donors (Lipinski definition) is 1. The van der Waals surface area contributed by atoms with Crippen LogP contribution in [0.2, 0.25) is 0 Å². The highest BCUT2D eigenvalue weighted by atomic mass is 16.5. The molecule has 1 rings (SSSR count). The molecule has 0 aromatic heterocycles. The molecule has 0 fully saturated rings. The first-order valence-corrected chi connectivity index (χ1v) is 5.10. The lowest BCUT2D eigenvalue weighted by Crippen LogP contribution is -2.06. The monoisotopic (exact) mass is 237 g/mol. The lowest BCUT2D eigenvalue weighted by molar-refractivity contribution is 0.0580. The molecule has 0 radical (unpaired) electrons. The van der Waals surface area contributed by atoms with E-state index >= 15 is 0 Å². The number of hydrogen-bond acceptors (Lipinski definition) is 5. The molecule has 0 aliphatic rings. The van der Waals surface area contributed by atoms with Gasteiger partial charge in [0.2, 0.25) is 0 Å². The molecular formula is C12H15NO4. The van der Waals surface area contributed by atoms with Crippen molar-refractivity contribution in [1.29, 1.82) is 5.26 Å². The number of benzene rings is 1. The van der Waals surface area contributed by atoms with Gasteiger partial charge < -0.3 is 19.3 Å². The van der Waals surface area contributed by atoms with E-state index in [1.807, 2.05) is 6.07 Å². The van der Waals surface area contributed by atoms with Gasteiger partial charge in [0.25, 0.3) is 0 Å². The Balaban J connectivity index is 2.93. The van der Waals surface area contributed by atoms with E-state index in [4.69, 9.17) is 24.6 Å². The molecule has 1 unspecified atom stereocenters. The molecular weight excluding hydrogens is 222 g/mol. The van der Waals surface area contributed by atoms with E-state index in [2.05, 4.69) is 0 Å². The Morgan fingerprint density at radius 2 is 2.00 bits per heavy atom. The zero-order chi connectivity index (χ0) is 12.7. The summed E-state index contributed by atoms with van der Waals surface area (Å²) in [6.07, 6.45) is -0.720. The van der Waals surface area contributed by atoms with Crippen molar-refractivity contribution in [2.45, 2.75) is 6.10 Å². The van der Waals surface area contributed by atoms with Crippen molar-refractivity contribution in [1.82, 2.24) is 0 Å². The van der Waals surface area contributed by atoms with Crippen LogP contribution in [-0.4, -0.2) is 32.5 Å². The van der Waals surface area contributed by atoms with E-state index in [1.165, 1.54) is 7.11 Å². The Morgan fingerprint density at radius 1 is 1.29 bits per heavy atom. The molecule has 1 N–H and O–H groups in total. The quantitative estimate of drug-likeness (QED) is 0.806. The fourth-order valence-electron chi connectivity index (χ4n) is 1.39. The van der Waals surface area contributed by atoms with Crippen molar-refractivity contribution in [3.05, 3.63) is 23.8 Å². The summed E-state index contributed by atoms with van der Waals surface area (Å²) < 4.78 is 15.4. The van der Waals surface area contributed by atoms with Crippen LogP contribution >= 0.6 is 0 Å². The summed E-state index contributed by atoms with van der Waals surface area (Å²) in [4.78, 5) is 0. The number of aliphatic hydroxyl groups excluding tert-OH is 1. The minimum Gasteiger partial charge on any atom is -0.493 e. The standard InChI is InChI=1S/C12H15NO4/c1-15-10-4-3-9(7-11(10)16-2)12(8-13)17-6-5-14/h3-4,7,12,14H,5-6H2,1-2H3. The number of rotatable bonds is 6. The molecule has 0 spiro atoms. The molecule has 0 saturated heterocycles. The Hall–Kier alpha value is -1.77. The molecule has 0 saturated carbocycles. The number of nitriles is 1. The molecule has 17 heavy (non-hydrogen) atoms. The van der Waals surface area contributed by atoms with Gasteiger partial charge in [-0.3, -0.25) is 0 Å². The SMILES string of the molecule is COc1ccc(C(C#N)OCCO)cc1OC. The van der Waals surface area contributed by atoms with E-state index in [0.717, 1.165) is 0 Å². The van der Waals surface area contributed by atoms with Gasteiger partial charge >= 0.3 is 0 Å². The minimum absolute atomic E-state index is 0.118. The maximum absolute atomic E-state index is 8.97. The van der Waals surface area contributed by atoms with Crippen LogP contribution in [0.25, 0.3) is 0 Å². The Bertz CT molecular complexity index is 400. The van der Waals surface area contributed by atoms with Gasteiger partial charge in [0, 0.05) is 0 Å². The molecule has 92 valence electrons. The summed E-state index contributed by atoms with van der Waals surface area (Å²) >= 11 is 0. The van der Waals surface area contributed by atoms with Crippen LogP contribution in [0.5, 0.6) is 11.5 Å². The summed E-state index contributed by atoms with van der Waals surface area (Å²) in [7, 11) is 3.07. The lowest BCUT2D eigenvalue weighted by atomic mass is 10.1. The van der Waals surface area contributed by atoms with Crippen LogP contribution in [0.4, 0.5) is 0 Å². The van der Waals surface area contributed by atoms with Gasteiger partial charge in [0.15, 0.2) is 17.6 Å². The summed E-state index contributed by atoms with van der Waals surface area (Å²) in [5.74, 6) is 1.13. The molecule has 1 aromatic carbocycles. The van der Waals surface area contributed by atoms with Crippen molar-refractivity contribution in [2.75, 3.05) is 27.4 Å². The van der Waals surface area contributed by atoms with E-state index in [-0.39, 0.29) is 13.2 Å². The predicted octanol–water partition coefficient (Wildman–Crippen LogP) is 1.28. The van der Waals surface area contributed by atoms with Crippen LogP contribution in [0.1, 0.15) is 11.7 Å².